The molecule has 0 aliphatic carbocycles. The molecule has 0 saturated carbocycles. The summed E-state index contributed by atoms with van der Waals surface area (Å²) in [7, 11) is 4.64. The van der Waals surface area contributed by atoms with Gasteiger partial charge in [0.2, 0.25) is 11.7 Å². The third-order valence-electron chi connectivity index (χ3n) is 5.11. The molecule has 2 aromatic carbocycles. The zero-order chi connectivity index (χ0) is 22.5. The molecule has 9 nitrogen and oxygen atoms in total. The first kappa shape index (κ1) is 21.2. The van der Waals surface area contributed by atoms with Crippen molar-refractivity contribution in [3.8, 4) is 23.3 Å². The van der Waals surface area contributed by atoms with Gasteiger partial charge in [-0.3, -0.25) is 4.84 Å². The van der Waals surface area contributed by atoms with Crippen LogP contribution in [0, 0.1) is 11.3 Å². The van der Waals surface area contributed by atoms with Crippen molar-refractivity contribution in [2.45, 2.75) is 12.5 Å². The summed E-state index contributed by atoms with van der Waals surface area (Å²) >= 11 is 0. The standard InChI is InChI=1S/C23H23N5O4/c1-29-19-11-17(12-20(30-2)21(19)31-3)26-23-25-14-16(13-24)22(27-23)28-18(9-10-32-28)15-7-5-4-6-8-15/h4-8,11-12,14,18H,9-10H2,1-3H3,(H,25,26,27). The van der Waals surface area contributed by atoms with E-state index < -0.39 is 0 Å². The number of ether oxygens (including phenoxy) is 3. The Balaban J connectivity index is 1.68. The molecular weight excluding hydrogens is 410 g/mol. The number of hydroxylamine groups is 1. The van der Waals surface area contributed by atoms with Gasteiger partial charge in [0.05, 0.1) is 40.2 Å². The molecule has 3 aromatic rings. The van der Waals surface area contributed by atoms with E-state index in [0.29, 0.717) is 46.9 Å². The fourth-order valence-electron chi connectivity index (χ4n) is 3.62. The Labute approximate surface area is 186 Å². The number of anilines is 3. The van der Waals surface area contributed by atoms with Crippen molar-refractivity contribution in [1.82, 2.24) is 9.97 Å². The van der Waals surface area contributed by atoms with Gasteiger partial charge in [-0.1, -0.05) is 30.3 Å². The summed E-state index contributed by atoms with van der Waals surface area (Å²) in [5, 5.41) is 14.5. The first-order chi connectivity index (χ1) is 15.7. The molecular formula is C23H23N5O4. The van der Waals surface area contributed by atoms with E-state index >= 15 is 0 Å². The average molecular weight is 433 g/mol. The van der Waals surface area contributed by atoms with Crippen LogP contribution in [0.4, 0.5) is 17.5 Å². The van der Waals surface area contributed by atoms with Gasteiger partial charge in [0.1, 0.15) is 11.6 Å². The van der Waals surface area contributed by atoms with Gasteiger partial charge in [0.15, 0.2) is 17.3 Å². The van der Waals surface area contributed by atoms with E-state index in [2.05, 4.69) is 21.4 Å². The smallest absolute Gasteiger partial charge is 0.229 e. The first-order valence-corrected chi connectivity index (χ1v) is 9.99. The summed E-state index contributed by atoms with van der Waals surface area (Å²) in [6.45, 7) is 0.532. The maximum absolute atomic E-state index is 9.63. The minimum atomic E-state index is -0.0489. The van der Waals surface area contributed by atoms with Gasteiger partial charge in [0, 0.05) is 24.2 Å². The number of aromatic nitrogens is 2. The van der Waals surface area contributed by atoms with Gasteiger partial charge in [-0.2, -0.15) is 10.2 Å². The van der Waals surface area contributed by atoms with Crippen LogP contribution in [0.3, 0.4) is 0 Å². The van der Waals surface area contributed by atoms with E-state index in [4.69, 9.17) is 19.0 Å². The number of nitrogens with one attached hydrogen (secondary N) is 1. The Kier molecular flexibility index (Phi) is 6.24. The molecule has 4 rings (SSSR count). The quantitative estimate of drug-likeness (QED) is 0.592. The van der Waals surface area contributed by atoms with E-state index in [1.54, 1.807) is 38.5 Å². The molecule has 2 heterocycles. The molecule has 1 N–H and O–H groups in total. The predicted octanol–water partition coefficient (Wildman–Crippen LogP) is 4.00. The first-order valence-electron chi connectivity index (χ1n) is 9.99. The molecule has 0 bridgehead atoms. The number of rotatable bonds is 7. The van der Waals surface area contributed by atoms with Gasteiger partial charge < -0.3 is 19.5 Å². The van der Waals surface area contributed by atoms with Gasteiger partial charge in [-0.25, -0.2) is 10.0 Å². The number of hydrogen-bond acceptors (Lipinski definition) is 9. The average Bonchev–Trinajstić information content (AvgIpc) is 3.33. The SMILES string of the molecule is COc1cc(Nc2ncc(C#N)c(N3OCCC3c3ccccc3)n2)cc(OC)c1OC. The molecule has 1 aliphatic rings. The molecule has 32 heavy (non-hydrogen) atoms. The number of methoxy groups -OCH3 is 3. The van der Waals surface area contributed by atoms with Crippen molar-refractivity contribution in [1.29, 1.82) is 5.26 Å². The largest absolute Gasteiger partial charge is 0.493 e. The van der Waals surface area contributed by atoms with Crippen LogP contribution in [0.15, 0.2) is 48.7 Å². The Morgan fingerprint density at radius 1 is 1.09 bits per heavy atom. The molecule has 1 fully saturated rings. The van der Waals surface area contributed by atoms with Crippen molar-refractivity contribution in [2.24, 2.45) is 0 Å². The van der Waals surface area contributed by atoms with Crippen LogP contribution >= 0.6 is 0 Å². The second-order valence-corrected chi connectivity index (χ2v) is 6.96. The Morgan fingerprint density at radius 2 is 1.81 bits per heavy atom. The summed E-state index contributed by atoms with van der Waals surface area (Å²) in [6, 6.07) is 15.6. The van der Waals surface area contributed by atoms with Gasteiger partial charge >= 0.3 is 0 Å². The topological polar surface area (TPSA) is 102 Å². The monoisotopic (exact) mass is 433 g/mol. The van der Waals surface area contributed by atoms with Gasteiger partial charge in [0.25, 0.3) is 0 Å². The molecule has 1 atom stereocenters. The molecule has 9 heteroatoms. The zero-order valence-electron chi connectivity index (χ0n) is 18.0. The highest BCUT2D eigenvalue weighted by Crippen LogP contribution is 2.41. The van der Waals surface area contributed by atoms with E-state index in [0.717, 1.165) is 12.0 Å². The van der Waals surface area contributed by atoms with Crippen LogP contribution in [0.2, 0.25) is 0 Å². The maximum Gasteiger partial charge on any atom is 0.229 e. The molecule has 1 aromatic heterocycles. The van der Waals surface area contributed by atoms with E-state index in [1.165, 1.54) is 6.20 Å². The van der Waals surface area contributed by atoms with Crippen LogP contribution in [0.1, 0.15) is 23.6 Å². The Hall–Kier alpha value is -4.03. The van der Waals surface area contributed by atoms with E-state index in [9.17, 15) is 5.26 Å². The van der Waals surface area contributed by atoms with E-state index in [1.807, 2.05) is 30.3 Å². The predicted molar refractivity (Wildman–Crippen MR) is 118 cm³/mol. The third-order valence-corrected chi connectivity index (χ3v) is 5.11. The Morgan fingerprint density at radius 3 is 2.44 bits per heavy atom. The minimum Gasteiger partial charge on any atom is -0.493 e. The van der Waals surface area contributed by atoms with Crippen molar-refractivity contribution in [2.75, 3.05) is 38.3 Å². The number of hydrogen-bond donors (Lipinski definition) is 1. The summed E-state index contributed by atoms with van der Waals surface area (Å²) in [5.74, 6) is 2.18. The normalized spacial score (nSPS) is 15.2. The summed E-state index contributed by atoms with van der Waals surface area (Å²) < 4.78 is 16.2. The number of nitrogens with zero attached hydrogens (tertiary/aromatic N) is 4. The molecule has 1 aliphatic heterocycles. The highest BCUT2D eigenvalue weighted by molar-refractivity contribution is 5.67. The van der Waals surface area contributed by atoms with Gasteiger partial charge in [-0.05, 0) is 5.56 Å². The number of nitriles is 1. The lowest BCUT2D eigenvalue weighted by Crippen LogP contribution is -2.23. The van der Waals surface area contributed by atoms with Crippen LogP contribution in [0.25, 0.3) is 0 Å². The van der Waals surface area contributed by atoms with Crippen LogP contribution < -0.4 is 24.6 Å². The molecule has 0 amide bonds. The van der Waals surface area contributed by atoms with Crippen molar-refractivity contribution < 1.29 is 19.0 Å². The summed E-state index contributed by atoms with van der Waals surface area (Å²) in [6.07, 6.45) is 2.26. The highest BCUT2D eigenvalue weighted by atomic mass is 16.7. The summed E-state index contributed by atoms with van der Waals surface area (Å²) in [4.78, 5) is 14.7. The molecule has 1 unspecified atom stereocenters. The molecule has 1 saturated heterocycles. The van der Waals surface area contributed by atoms with Crippen LogP contribution in [-0.2, 0) is 4.84 Å². The Bertz CT molecular complexity index is 1110. The van der Waals surface area contributed by atoms with Gasteiger partial charge in [-0.15, -0.1) is 0 Å². The molecule has 0 radical (unpaired) electrons. The zero-order valence-corrected chi connectivity index (χ0v) is 18.0. The lowest BCUT2D eigenvalue weighted by atomic mass is 10.0. The van der Waals surface area contributed by atoms with Crippen molar-refractivity contribution in [3.63, 3.8) is 0 Å². The lowest BCUT2D eigenvalue weighted by Gasteiger charge is -2.24. The number of benzene rings is 2. The third kappa shape index (κ3) is 4.08. The molecule has 0 spiro atoms. The minimum absolute atomic E-state index is 0.0489. The lowest BCUT2D eigenvalue weighted by molar-refractivity contribution is 0.156. The fourth-order valence-corrected chi connectivity index (χ4v) is 3.62. The highest BCUT2D eigenvalue weighted by Gasteiger charge is 2.31. The molecule has 164 valence electrons. The maximum atomic E-state index is 9.63. The van der Waals surface area contributed by atoms with Crippen LogP contribution in [0.5, 0.6) is 17.2 Å². The van der Waals surface area contributed by atoms with E-state index in [-0.39, 0.29) is 6.04 Å². The van der Waals surface area contributed by atoms with Crippen molar-refractivity contribution in [3.05, 3.63) is 59.8 Å². The second-order valence-electron chi connectivity index (χ2n) is 6.96. The fraction of sp³-hybridized carbons (Fsp3) is 0.261. The van der Waals surface area contributed by atoms with Crippen LogP contribution in [-0.4, -0.2) is 37.9 Å². The van der Waals surface area contributed by atoms with Crippen molar-refractivity contribution >= 4 is 17.5 Å². The summed E-state index contributed by atoms with van der Waals surface area (Å²) in [5.41, 5.74) is 2.05. The second kappa shape index (κ2) is 9.41.